The first-order chi connectivity index (χ1) is 18.9. The van der Waals surface area contributed by atoms with Crippen molar-refractivity contribution in [3.05, 3.63) is 35.9 Å². The summed E-state index contributed by atoms with van der Waals surface area (Å²) in [5.74, 6) is 0.0610. The van der Waals surface area contributed by atoms with Crippen molar-refractivity contribution in [2.45, 2.75) is 38.1 Å². The molecule has 2 saturated heterocycles. The van der Waals surface area contributed by atoms with Gasteiger partial charge in [-0.3, -0.25) is 10.2 Å². The fourth-order valence-electron chi connectivity index (χ4n) is 5.51. The average Bonchev–Trinajstić information content (AvgIpc) is 3.48. The third-order valence-corrected chi connectivity index (χ3v) is 7.66. The van der Waals surface area contributed by atoms with Gasteiger partial charge in [-0.2, -0.15) is 0 Å². The molecule has 0 unspecified atom stereocenters. The lowest BCUT2D eigenvalue weighted by Gasteiger charge is -2.37. The molecule has 12 heteroatoms. The van der Waals surface area contributed by atoms with Crippen molar-refractivity contribution in [2.24, 2.45) is 0 Å². The largest absolute Gasteiger partial charge is 0.474 e. The van der Waals surface area contributed by atoms with Gasteiger partial charge in [0.05, 0.1) is 12.3 Å². The molecule has 10 nitrogen and oxygen atoms in total. The maximum Gasteiger partial charge on any atom is 0.413 e. The van der Waals surface area contributed by atoms with Crippen molar-refractivity contribution < 1.29 is 27.8 Å². The topological polar surface area (TPSA) is 124 Å². The molecular formula is C27H30F2N6O4. The number of amides is 1. The predicted octanol–water partition coefficient (Wildman–Crippen LogP) is 3.88. The summed E-state index contributed by atoms with van der Waals surface area (Å²) in [6.07, 6.45) is 1.27. The number of pyridine rings is 2. The Labute approximate surface area is 223 Å². The van der Waals surface area contributed by atoms with Crippen LogP contribution in [-0.4, -0.2) is 78.7 Å². The van der Waals surface area contributed by atoms with Crippen LogP contribution >= 0.6 is 0 Å². The first-order valence-corrected chi connectivity index (χ1v) is 13.1. The first kappa shape index (κ1) is 25.5. The minimum absolute atomic E-state index is 0.0647. The zero-order valence-corrected chi connectivity index (χ0v) is 21.5. The van der Waals surface area contributed by atoms with Crippen molar-refractivity contribution in [2.75, 3.05) is 55.8 Å². The first-order valence-electron chi connectivity index (χ1n) is 13.1. The van der Waals surface area contributed by atoms with Crippen molar-refractivity contribution >= 4 is 34.1 Å². The third-order valence-electron chi connectivity index (χ3n) is 7.66. The van der Waals surface area contributed by atoms with E-state index in [-0.39, 0.29) is 29.7 Å². The highest BCUT2D eigenvalue weighted by Gasteiger charge is 2.36. The van der Waals surface area contributed by atoms with Gasteiger partial charge in [-0.15, -0.1) is 0 Å². The van der Waals surface area contributed by atoms with E-state index in [1.165, 1.54) is 6.20 Å². The highest BCUT2D eigenvalue weighted by Crippen LogP contribution is 2.39. The lowest BCUT2D eigenvalue weighted by molar-refractivity contribution is -0.0161. The summed E-state index contributed by atoms with van der Waals surface area (Å²) in [7, 11) is 0. The molecule has 0 spiro atoms. The number of rotatable bonds is 4. The Kier molecular flexibility index (Phi) is 6.81. The number of nitrogens with two attached hydrogens (primary N) is 1. The summed E-state index contributed by atoms with van der Waals surface area (Å²) in [5.41, 5.74) is 8.40. The molecule has 1 aromatic carbocycles. The minimum atomic E-state index is -1.30. The lowest BCUT2D eigenvalue weighted by Crippen LogP contribution is -2.50. The van der Waals surface area contributed by atoms with E-state index in [0.717, 1.165) is 12.0 Å². The maximum absolute atomic E-state index is 15.4. The Balaban J connectivity index is 1.20. The maximum atomic E-state index is 15.4. The summed E-state index contributed by atoms with van der Waals surface area (Å²) in [5, 5.41) is 6.77. The number of ether oxygens (including phenoxy) is 3. The van der Waals surface area contributed by atoms with Gasteiger partial charge in [0.1, 0.15) is 30.4 Å². The van der Waals surface area contributed by atoms with Crippen LogP contribution in [0.25, 0.3) is 21.9 Å². The number of hydrogen-bond acceptors (Lipinski definition) is 9. The van der Waals surface area contributed by atoms with Gasteiger partial charge >= 0.3 is 6.09 Å². The van der Waals surface area contributed by atoms with E-state index >= 15 is 4.39 Å². The third kappa shape index (κ3) is 4.89. The van der Waals surface area contributed by atoms with Crippen molar-refractivity contribution in [3.8, 4) is 17.0 Å². The van der Waals surface area contributed by atoms with E-state index in [2.05, 4.69) is 25.5 Å². The van der Waals surface area contributed by atoms with E-state index in [4.69, 9.17) is 19.9 Å². The fourth-order valence-corrected chi connectivity index (χ4v) is 5.51. The van der Waals surface area contributed by atoms with E-state index < -0.39 is 24.2 Å². The highest BCUT2D eigenvalue weighted by molar-refractivity contribution is 5.99. The quantitative estimate of drug-likeness (QED) is 0.423. The number of halogens is 2. The number of alkyl halides is 1. The van der Waals surface area contributed by atoms with Crippen LogP contribution in [0.3, 0.4) is 0 Å². The molecule has 3 aromatic rings. The predicted molar refractivity (Wildman–Crippen MR) is 142 cm³/mol. The molecule has 39 heavy (non-hydrogen) atoms. The molecule has 2 fully saturated rings. The van der Waals surface area contributed by atoms with E-state index in [1.807, 2.05) is 6.92 Å². The minimum Gasteiger partial charge on any atom is -0.474 e. The smallest absolute Gasteiger partial charge is 0.413 e. The molecular weight excluding hydrogens is 510 g/mol. The Bertz CT molecular complexity index is 1420. The van der Waals surface area contributed by atoms with Crippen molar-refractivity contribution in [1.29, 1.82) is 0 Å². The number of benzene rings is 1. The molecule has 4 N–H and O–H groups in total. The number of hydrogen-bond donors (Lipinski definition) is 3. The molecule has 0 saturated carbocycles. The van der Waals surface area contributed by atoms with Crippen molar-refractivity contribution in [3.63, 3.8) is 0 Å². The molecule has 2 aromatic heterocycles. The molecule has 0 aliphatic carbocycles. The van der Waals surface area contributed by atoms with Gasteiger partial charge in [0.25, 0.3) is 0 Å². The van der Waals surface area contributed by atoms with Crippen LogP contribution in [-0.2, 0) is 9.47 Å². The molecule has 206 valence electrons. The number of piperidine rings is 1. The van der Waals surface area contributed by atoms with E-state index in [1.54, 1.807) is 18.3 Å². The van der Waals surface area contributed by atoms with Gasteiger partial charge in [0.2, 0.25) is 5.88 Å². The second kappa shape index (κ2) is 10.4. The number of nitrogen functional groups attached to an aromatic ring is 1. The molecule has 0 bridgehead atoms. The molecule has 1 amide bonds. The highest BCUT2D eigenvalue weighted by atomic mass is 19.1. The zero-order valence-electron chi connectivity index (χ0n) is 21.5. The van der Waals surface area contributed by atoms with Crippen LogP contribution in [0, 0.1) is 12.7 Å². The van der Waals surface area contributed by atoms with Gasteiger partial charge in [-0.05, 0) is 36.4 Å². The van der Waals surface area contributed by atoms with Crippen molar-refractivity contribution in [1.82, 2.24) is 14.9 Å². The van der Waals surface area contributed by atoms with Crippen LogP contribution in [0.15, 0.2) is 24.5 Å². The van der Waals surface area contributed by atoms with E-state index in [0.29, 0.717) is 67.2 Å². The van der Waals surface area contributed by atoms with Crippen LogP contribution in [0.5, 0.6) is 5.88 Å². The Morgan fingerprint density at radius 2 is 2.10 bits per heavy atom. The number of likely N-dealkylation sites (tertiary alicyclic amines) is 1. The Morgan fingerprint density at radius 1 is 1.23 bits per heavy atom. The van der Waals surface area contributed by atoms with Gasteiger partial charge in [0, 0.05) is 67.6 Å². The second-order valence-corrected chi connectivity index (χ2v) is 10.1. The Morgan fingerprint density at radius 3 is 2.90 bits per heavy atom. The molecule has 3 aliphatic rings. The number of aromatic nitrogens is 2. The SMILES string of the molecule is Cc1c(-c2cc3cc(NC(=O)O[C@H]4CCN([C@@H]5CCOC5)C[C@H]4F)ncc3c(N)c2F)cnc2c1NCCO2. The molecule has 0 radical (unpaired) electrons. The number of nitrogens with one attached hydrogen (secondary N) is 2. The Hall–Kier alpha value is -3.77. The summed E-state index contributed by atoms with van der Waals surface area (Å²) in [6.45, 7) is 5.11. The molecule has 3 atom stereocenters. The fraction of sp³-hybridized carbons (Fsp3) is 0.444. The normalized spacial score (nSPS) is 23.1. The number of nitrogens with zero attached hydrogens (tertiary/aromatic N) is 3. The van der Waals surface area contributed by atoms with Gasteiger partial charge in [-0.25, -0.2) is 23.5 Å². The standard InChI is InChI=1S/C27H30F2N6O4/c1-14-18(10-33-26-25(14)31-4-7-38-26)17-8-15-9-22(32-11-19(15)24(30)23(17)29)34-27(36)39-21-2-5-35(12-20(21)28)16-3-6-37-13-16/h8-11,16,20-21,31H,2-7,12-13,30H2,1H3,(H,32,34,36)/t16-,20-,21+/m1/s1. The zero-order chi connectivity index (χ0) is 27.1. The second-order valence-electron chi connectivity index (χ2n) is 10.1. The monoisotopic (exact) mass is 540 g/mol. The number of fused-ring (bicyclic) bond motifs is 2. The van der Waals surface area contributed by atoms with Crippen LogP contribution < -0.4 is 21.1 Å². The van der Waals surface area contributed by atoms with E-state index in [9.17, 15) is 9.18 Å². The average molecular weight is 541 g/mol. The van der Waals surface area contributed by atoms with Crippen LogP contribution in [0.2, 0.25) is 0 Å². The number of anilines is 3. The summed E-state index contributed by atoms with van der Waals surface area (Å²) >= 11 is 0. The summed E-state index contributed by atoms with van der Waals surface area (Å²) in [6, 6.07) is 3.43. The van der Waals surface area contributed by atoms with Gasteiger partial charge in [0.15, 0.2) is 5.82 Å². The summed E-state index contributed by atoms with van der Waals surface area (Å²) in [4.78, 5) is 23.2. The summed E-state index contributed by atoms with van der Waals surface area (Å²) < 4.78 is 46.6. The lowest BCUT2D eigenvalue weighted by atomic mass is 9.97. The van der Waals surface area contributed by atoms with Gasteiger partial charge < -0.3 is 25.3 Å². The molecule has 6 rings (SSSR count). The molecule has 5 heterocycles. The van der Waals surface area contributed by atoms with Crippen LogP contribution in [0.4, 0.5) is 30.8 Å². The molecule has 3 aliphatic heterocycles. The van der Waals surface area contributed by atoms with Crippen LogP contribution in [0.1, 0.15) is 18.4 Å². The van der Waals surface area contributed by atoms with Gasteiger partial charge in [-0.1, -0.05) is 0 Å². The number of carbonyl (C=O) groups is 1. The number of carbonyl (C=O) groups excluding carboxylic acids is 1.